The molecule has 2 aromatic rings. The van der Waals surface area contributed by atoms with Crippen LogP contribution in [0.4, 0.5) is 10.5 Å². The second-order valence-electron chi connectivity index (χ2n) is 8.13. The van der Waals surface area contributed by atoms with Crippen LogP contribution in [0.15, 0.2) is 24.7 Å². The fourth-order valence-electron chi connectivity index (χ4n) is 3.17. The molecule has 0 bridgehead atoms. The molecule has 0 saturated heterocycles. The zero-order valence-electron chi connectivity index (χ0n) is 17.1. The molecule has 1 aliphatic rings. The van der Waals surface area contributed by atoms with E-state index >= 15 is 0 Å². The summed E-state index contributed by atoms with van der Waals surface area (Å²) in [7, 11) is 0. The predicted molar refractivity (Wildman–Crippen MR) is 108 cm³/mol. The standard InChI is InChI=1S/C21H29N5O2/c1-5-19-24-11-14(12-25-19)10-22-17-9-15-8-16(6-7-18(15)23-13-17)26-20(27)28-21(2,3)4/h9,11-13,16,22H,5-8,10H2,1-4H3,(H,26,27). The van der Waals surface area contributed by atoms with Gasteiger partial charge >= 0.3 is 6.09 Å². The lowest BCUT2D eigenvalue weighted by atomic mass is 9.91. The molecule has 150 valence electrons. The Labute approximate surface area is 166 Å². The highest BCUT2D eigenvalue weighted by Crippen LogP contribution is 2.23. The van der Waals surface area contributed by atoms with Gasteiger partial charge in [-0.15, -0.1) is 0 Å². The van der Waals surface area contributed by atoms with Gasteiger partial charge in [0, 0.05) is 42.7 Å². The zero-order valence-corrected chi connectivity index (χ0v) is 17.1. The minimum absolute atomic E-state index is 0.0642. The first-order chi connectivity index (χ1) is 13.3. The van der Waals surface area contributed by atoms with Crippen molar-refractivity contribution in [1.29, 1.82) is 0 Å². The fourth-order valence-corrected chi connectivity index (χ4v) is 3.17. The summed E-state index contributed by atoms with van der Waals surface area (Å²) in [6.45, 7) is 8.28. The average molecular weight is 383 g/mol. The number of hydrogen-bond acceptors (Lipinski definition) is 6. The first-order valence-electron chi connectivity index (χ1n) is 9.83. The maximum Gasteiger partial charge on any atom is 0.407 e. The quantitative estimate of drug-likeness (QED) is 0.822. The van der Waals surface area contributed by atoms with Crippen LogP contribution in [0.3, 0.4) is 0 Å². The Balaban J connectivity index is 1.58. The molecule has 2 aromatic heterocycles. The van der Waals surface area contributed by atoms with Crippen LogP contribution < -0.4 is 10.6 Å². The molecule has 0 aromatic carbocycles. The van der Waals surface area contributed by atoms with E-state index in [0.717, 1.165) is 54.0 Å². The van der Waals surface area contributed by atoms with Gasteiger partial charge in [0.2, 0.25) is 0 Å². The number of amides is 1. The van der Waals surface area contributed by atoms with Crippen molar-refractivity contribution in [3.8, 4) is 0 Å². The first kappa shape index (κ1) is 20.0. The Kier molecular flexibility index (Phi) is 6.11. The second-order valence-corrected chi connectivity index (χ2v) is 8.13. The lowest BCUT2D eigenvalue weighted by Gasteiger charge is -2.27. The van der Waals surface area contributed by atoms with Crippen molar-refractivity contribution < 1.29 is 9.53 Å². The van der Waals surface area contributed by atoms with E-state index in [1.807, 2.05) is 46.3 Å². The lowest BCUT2D eigenvalue weighted by Crippen LogP contribution is -2.42. The molecular weight excluding hydrogens is 354 g/mol. The van der Waals surface area contributed by atoms with Crippen LogP contribution in [0.2, 0.25) is 0 Å². The highest BCUT2D eigenvalue weighted by Gasteiger charge is 2.24. The van der Waals surface area contributed by atoms with Gasteiger partial charge in [0.15, 0.2) is 0 Å². The molecule has 0 radical (unpaired) electrons. The van der Waals surface area contributed by atoms with E-state index in [4.69, 9.17) is 4.74 Å². The van der Waals surface area contributed by atoms with E-state index in [-0.39, 0.29) is 12.1 Å². The molecule has 1 aliphatic carbocycles. The number of nitrogens with one attached hydrogen (secondary N) is 2. The lowest BCUT2D eigenvalue weighted by molar-refractivity contribution is 0.0500. The number of hydrogen-bond donors (Lipinski definition) is 2. The Morgan fingerprint density at radius 3 is 2.64 bits per heavy atom. The van der Waals surface area contributed by atoms with Gasteiger partial charge in [0.25, 0.3) is 0 Å². The van der Waals surface area contributed by atoms with Crippen molar-refractivity contribution in [3.05, 3.63) is 47.3 Å². The third-order valence-electron chi connectivity index (χ3n) is 4.55. The van der Waals surface area contributed by atoms with E-state index in [9.17, 15) is 4.79 Å². The number of aryl methyl sites for hydroxylation is 2. The summed E-state index contributed by atoms with van der Waals surface area (Å²) in [5.74, 6) is 0.850. The van der Waals surface area contributed by atoms with Crippen LogP contribution in [0.5, 0.6) is 0 Å². The number of rotatable bonds is 5. The van der Waals surface area contributed by atoms with E-state index in [0.29, 0.717) is 6.54 Å². The molecule has 0 spiro atoms. The van der Waals surface area contributed by atoms with Gasteiger partial charge in [0.05, 0.1) is 11.9 Å². The van der Waals surface area contributed by atoms with E-state index in [2.05, 4.69) is 31.7 Å². The number of anilines is 1. The Bertz CT molecular complexity index is 815. The van der Waals surface area contributed by atoms with Crippen LogP contribution in [0, 0.1) is 0 Å². The van der Waals surface area contributed by atoms with Crippen LogP contribution in [0.25, 0.3) is 0 Å². The number of carbonyl (C=O) groups is 1. The fraction of sp³-hybridized carbons (Fsp3) is 0.524. The first-order valence-corrected chi connectivity index (χ1v) is 9.83. The van der Waals surface area contributed by atoms with E-state index < -0.39 is 5.60 Å². The summed E-state index contributed by atoms with van der Waals surface area (Å²) in [6, 6.07) is 2.18. The molecule has 0 aliphatic heterocycles. The van der Waals surface area contributed by atoms with Gasteiger partial charge in [-0.05, 0) is 51.7 Å². The minimum atomic E-state index is -0.492. The van der Waals surface area contributed by atoms with Crippen molar-refractivity contribution in [3.63, 3.8) is 0 Å². The second kappa shape index (κ2) is 8.54. The van der Waals surface area contributed by atoms with Crippen LogP contribution in [0.1, 0.15) is 56.8 Å². The van der Waals surface area contributed by atoms with Crippen molar-refractivity contribution in [2.45, 2.75) is 71.6 Å². The molecular formula is C21H29N5O2. The molecule has 7 heteroatoms. The summed E-state index contributed by atoms with van der Waals surface area (Å²) >= 11 is 0. The number of pyridine rings is 1. The summed E-state index contributed by atoms with van der Waals surface area (Å²) in [4.78, 5) is 25.3. The van der Waals surface area contributed by atoms with Gasteiger partial charge < -0.3 is 15.4 Å². The van der Waals surface area contributed by atoms with Gasteiger partial charge in [0.1, 0.15) is 11.4 Å². The molecule has 0 saturated carbocycles. The smallest absolute Gasteiger partial charge is 0.407 e. The molecule has 2 N–H and O–H groups in total. The number of fused-ring (bicyclic) bond motifs is 1. The van der Waals surface area contributed by atoms with Crippen molar-refractivity contribution in [1.82, 2.24) is 20.3 Å². The molecule has 3 rings (SSSR count). The Hall–Kier alpha value is -2.70. The summed E-state index contributed by atoms with van der Waals surface area (Å²) in [5, 5.41) is 6.36. The SMILES string of the molecule is CCc1ncc(CNc2cnc3c(c2)CC(NC(=O)OC(C)(C)C)CC3)cn1. The van der Waals surface area contributed by atoms with Gasteiger partial charge in [-0.2, -0.15) is 0 Å². The summed E-state index contributed by atoms with van der Waals surface area (Å²) in [6.07, 6.45) is 8.51. The molecule has 1 amide bonds. The van der Waals surface area contributed by atoms with Crippen LogP contribution in [-0.2, 0) is 30.5 Å². The van der Waals surface area contributed by atoms with Gasteiger partial charge in [-0.25, -0.2) is 14.8 Å². The highest BCUT2D eigenvalue weighted by molar-refractivity contribution is 5.68. The topological polar surface area (TPSA) is 89.0 Å². The zero-order chi connectivity index (χ0) is 20.1. The molecule has 7 nitrogen and oxygen atoms in total. The average Bonchev–Trinajstić information content (AvgIpc) is 2.65. The molecule has 1 atom stereocenters. The van der Waals surface area contributed by atoms with Crippen LogP contribution >= 0.6 is 0 Å². The number of aromatic nitrogens is 3. The Morgan fingerprint density at radius 2 is 1.96 bits per heavy atom. The third-order valence-corrected chi connectivity index (χ3v) is 4.55. The largest absolute Gasteiger partial charge is 0.444 e. The summed E-state index contributed by atoms with van der Waals surface area (Å²) < 4.78 is 5.37. The number of alkyl carbamates (subject to hydrolysis) is 1. The third kappa shape index (κ3) is 5.65. The number of carbonyl (C=O) groups excluding carboxylic acids is 1. The van der Waals surface area contributed by atoms with Gasteiger partial charge in [-0.1, -0.05) is 6.92 Å². The molecule has 1 unspecified atom stereocenters. The summed E-state index contributed by atoms with van der Waals surface area (Å²) in [5.41, 5.74) is 3.75. The highest BCUT2D eigenvalue weighted by atomic mass is 16.6. The van der Waals surface area contributed by atoms with Crippen LogP contribution in [-0.4, -0.2) is 32.7 Å². The normalized spacial score (nSPS) is 16.2. The molecule has 0 fully saturated rings. The minimum Gasteiger partial charge on any atom is -0.444 e. The predicted octanol–water partition coefficient (Wildman–Crippen LogP) is 3.43. The van der Waals surface area contributed by atoms with E-state index in [1.165, 1.54) is 0 Å². The number of nitrogens with zero attached hydrogens (tertiary/aromatic N) is 3. The molecule has 28 heavy (non-hydrogen) atoms. The maximum absolute atomic E-state index is 12.0. The van der Waals surface area contributed by atoms with Crippen molar-refractivity contribution in [2.24, 2.45) is 0 Å². The van der Waals surface area contributed by atoms with Crippen molar-refractivity contribution in [2.75, 3.05) is 5.32 Å². The number of ether oxygens (including phenoxy) is 1. The van der Waals surface area contributed by atoms with Crippen molar-refractivity contribution >= 4 is 11.8 Å². The Morgan fingerprint density at radius 1 is 1.21 bits per heavy atom. The molecule has 2 heterocycles. The maximum atomic E-state index is 12.0. The monoisotopic (exact) mass is 383 g/mol. The van der Waals surface area contributed by atoms with E-state index in [1.54, 1.807) is 0 Å². The van der Waals surface area contributed by atoms with Gasteiger partial charge in [-0.3, -0.25) is 4.98 Å².